The van der Waals surface area contributed by atoms with Crippen LogP contribution in [-0.4, -0.2) is 15.7 Å². The number of hydrogen-bond donors (Lipinski definition) is 1. The van der Waals surface area contributed by atoms with Gasteiger partial charge in [0.1, 0.15) is 5.69 Å². The number of benzene rings is 1. The first-order chi connectivity index (χ1) is 9.68. The zero-order valence-electron chi connectivity index (χ0n) is 11.1. The summed E-state index contributed by atoms with van der Waals surface area (Å²) in [5, 5.41) is 6.48. The molecule has 0 aliphatic carbocycles. The minimum Gasteiger partial charge on any atom is -0.320 e. The quantitative estimate of drug-likeness (QED) is 0.919. The molecule has 1 aromatic heterocycles. The molecule has 1 N–H and O–H groups in total. The molecule has 8 heteroatoms. The first-order valence-electron chi connectivity index (χ1n) is 5.87. The van der Waals surface area contributed by atoms with Crippen molar-refractivity contribution in [3.05, 3.63) is 46.2 Å². The number of nitrogens with zero attached hydrogens (tertiary/aromatic N) is 2. The zero-order chi connectivity index (χ0) is 15.8. The average molecular weight is 318 g/mol. The van der Waals surface area contributed by atoms with Gasteiger partial charge in [-0.1, -0.05) is 17.7 Å². The van der Waals surface area contributed by atoms with Crippen LogP contribution in [0.15, 0.2) is 24.3 Å². The zero-order valence-corrected chi connectivity index (χ0v) is 11.9. The van der Waals surface area contributed by atoms with Gasteiger partial charge in [0.15, 0.2) is 5.69 Å². The maximum atomic E-state index is 12.7. The van der Waals surface area contributed by atoms with Crippen molar-refractivity contribution in [3.63, 3.8) is 0 Å². The van der Waals surface area contributed by atoms with Gasteiger partial charge in [0.2, 0.25) is 0 Å². The Morgan fingerprint density at radius 2 is 2.00 bits per heavy atom. The SMILES string of the molecule is Cc1ccc(Cl)cc1NC(=O)c1cc(C(F)(F)F)n(C)n1. The first kappa shape index (κ1) is 15.4. The summed E-state index contributed by atoms with van der Waals surface area (Å²) in [6, 6.07) is 5.56. The molecule has 0 saturated carbocycles. The van der Waals surface area contributed by atoms with Crippen molar-refractivity contribution in [2.24, 2.45) is 7.05 Å². The van der Waals surface area contributed by atoms with Gasteiger partial charge in [-0.2, -0.15) is 18.3 Å². The highest BCUT2D eigenvalue weighted by molar-refractivity contribution is 6.31. The second-order valence-electron chi connectivity index (χ2n) is 4.45. The summed E-state index contributed by atoms with van der Waals surface area (Å²) in [6.45, 7) is 1.74. The molecule has 0 atom stereocenters. The molecule has 2 aromatic rings. The maximum absolute atomic E-state index is 12.7. The van der Waals surface area contributed by atoms with Crippen LogP contribution in [0.4, 0.5) is 18.9 Å². The molecule has 0 saturated heterocycles. The molecule has 1 amide bonds. The molecule has 4 nitrogen and oxygen atoms in total. The predicted molar refractivity (Wildman–Crippen MR) is 72.4 cm³/mol. The summed E-state index contributed by atoms with van der Waals surface area (Å²) >= 11 is 5.82. The van der Waals surface area contributed by atoms with Gasteiger partial charge in [0, 0.05) is 23.8 Å². The van der Waals surface area contributed by atoms with Gasteiger partial charge in [-0.15, -0.1) is 0 Å². The van der Waals surface area contributed by atoms with Crippen LogP contribution < -0.4 is 5.32 Å². The van der Waals surface area contributed by atoms with Crippen LogP contribution in [0.5, 0.6) is 0 Å². The third kappa shape index (κ3) is 3.36. The third-order valence-corrected chi connectivity index (χ3v) is 3.09. The Balaban J connectivity index is 2.27. The number of amides is 1. The molecule has 2 rings (SSSR count). The van der Waals surface area contributed by atoms with Crippen LogP contribution in [0.3, 0.4) is 0 Å². The summed E-state index contributed by atoms with van der Waals surface area (Å²) in [6.07, 6.45) is -4.56. The second kappa shape index (κ2) is 5.40. The highest BCUT2D eigenvalue weighted by Crippen LogP contribution is 2.29. The van der Waals surface area contributed by atoms with Crippen LogP contribution >= 0.6 is 11.6 Å². The number of nitrogens with one attached hydrogen (secondary N) is 1. The largest absolute Gasteiger partial charge is 0.433 e. The van der Waals surface area contributed by atoms with Gasteiger partial charge in [-0.3, -0.25) is 9.48 Å². The van der Waals surface area contributed by atoms with Gasteiger partial charge in [-0.25, -0.2) is 0 Å². The molecule has 112 valence electrons. The standard InChI is InChI=1S/C13H11ClF3N3O/c1-7-3-4-8(14)5-9(7)18-12(21)10-6-11(13(15,16)17)20(2)19-10/h3-6H,1-2H3,(H,18,21). The van der Waals surface area contributed by atoms with Gasteiger partial charge >= 0.3 is 6.18 Å². The molecular weight excluding hydrogens is 307 g/mol. The molecule has 21 heavy (non-hydrogen) atoms. The van der Waals surface area contributed by atoms with E-state index < -0.39 is 17.8 Å². The predicted octanol–water partition coefficient (Wildman–Crippen LogP) is 3.65. The fourth-order valence-electron chi connectivity index (χ4n) is 1.76. The monoisotopic (exact) mass is 317 g/mol. The molecule has 0 radical (unpaired) electrons. The van der Waals surface area contributed by atoms with E-state index >= 15 is 0 Å². The van der Waals surface area contributed by atoms with Gasteiger partial charge in [-0.05, 0) is 24.6 Å². The number of aromatic nitrogens is 2. The average Bonchev–Trinajstić information content (AvgIpc) is 2.76. The van der Waals surface area contributed by atoms with Crippen LogP contribution in [0.2, 0.25) is 5.02 Å². The summed E-state index contributed by atoms with van der Waals surface area (Å²) in [4.78, 5) is 12.0. The highest BCUT2D eigenvalue weighted by atomic mass is 35.5. The Bertz CT molecular complexity index is 694. The van der Waals surface area contributed by atoms with E-state index in [0.29, 0.717) is 21.5 Å². The Labute approximate surface area is 123 Å². The van der Waals surface area contributed by atoms with Crippen molar-refractivity contribution in [2.45, 2.75) is 13.1 Å². The van der Waals surface area contributed by atoms with Gasteiger partial charge in [0.25, 0.3) is 5.91 Å². The lowest BCUT2D eigenvalue weighted by Crippen LogP contribution is -2.13. The number of rotatable bonds is 2. The van der Waals surface area contributed by atoms with Crippen molar-refractivity contribution in [2.75, 3.05) is 5.32 Å². The molecule has 0 spiro atoms. The molecule has 1 aromatic carbocycles. The van der Waals surface area contributed by atoms with Crippen LogP contribution in [-0.2, 0) is 13.2 Å². The van der Waals surface area contributed by atoms with E-state index in [1.807, 2.05) is 0 Å². The van der Waals surface area contributed by atoms with E-state index in [1.54, 1.807) is 19.1 Å². The number of anilines is 1. The molecule has 1 heterocycles. The van der Waals surface area contributed by atoms with E-state index in [1.165, 1.54) is 6.07 Å². The molecule has 0 unspecified atom stereocenters. The number of alkyl halides is 3. The Hall–Kier alpha value is -2.02. The highest BCUT2D eigenvalue weighted by Gasteiger charge is 2.35. The summed E-state index contributed by atoms with van der Waals surface area (Å²) in [5.74, 6) is -0.730. The van der Waals surface area contributed by atoms with E-state index in [9.17, 15) is 18.0 Å². The second-order valence-corrected chi connectivity index (χ2v) is 4.89. The molecule has 0 aliphatic rings. The normalized spacial score (nSPS) is 11.5. The van der Waals surface area contributed by atoms with Crippen LogP contribution in [0.25, 0.3) is 0 Å². The maximum Gasteiger partial charge on any atom is 0.433 e. The Morgan fingerprint density at radius 1 is 1.33 bits per heavy atom. The minimum absolute atomic E-state index is 0.316. The van der Waals surface area contributed by atoms with Gasteiger partial charge < -0.3 is 5.32 Å². The molecule has 0 fully saturated rings. The molecule has 0 aliphatic heterocycles. The topological polar surface area (TPSA) is 46.9 Å². The smallest absolute Gasteiger partial charge is 0.320 e. The summed E-state index contributed by atoms with van der Waals surface area (Å²) in [7, 11) is 1.13. The number of aryl methyl sites for hydroxylation is 2. The third-order valence-electron chi connectivity index (χ3n) is 2.85. The summed E-state index contributed by atoms with van der Waals surface area (Å²) < 4.78 is 38.6. The van der Waals surface area contributed by atoms with Crippen molar-refractivity contribution in [1.82, 2.24) is 9.78 Å². The summed E-state index contributed by atoms with van der Waals surface area (Å²) in [5.41, 5.74) is -0.147. The number of carbonyl (C=O) groups is 1. The van der Waals surface area contributed by atoms with Crippen molar-refractivity contribution >= 4 is 23.2 Å². The fourth-order valence-corrected chi connectivity index (χ4v) is 1.93. The number of hydrogen-bond acceptors (Lipinski definition) is 2. The molecular formula is C13H11ClF3N3O. The Morgan fingerprint density at radius 3 is 2.57 bits per heavy atom. The van der Waals surface area contributed by atoms with Gasteiger partial charge in [0.05, 0.1) is 0 Å². The van der Waals surface area contributed by atoms with E-state index in [0.717, 1.165) is 12.6 Å². The minimum atomic E-state index is -4.56. The van der Waals surface area contributed by atoms with Crippen molar-refractivity contribution in [1.29, 1.82) is 0 Å². The lowest BCUT2D eigenvalue weighted by Gasteiger charge is -2.07. The lowest BCUT2D eigenvalue weighted by molar-refractivity contribution is -0.143. The van der Waals surface area contributed by atoms with E-state index in [-0.39, 0.29) is 5.69 Å². The lowest BCUT2D eigenvalue weighted by atomic mass is 10.2. The van der Waals surface area contributed by atoms with Crippen LogP contribution in [0, 0.1) is 6.92 Å². The van der Waals surface area contributed by atoms with Crippen molar-refractivity contribution < 1.29 is 18.0 Å². The van der Waals surface area contributed by atoms with Crippen LogP contribution in [0.1, 0.15) is 21.7 Å². The van der Waals surface area contributed by atoms with Crippen molar-refractivity contribution in [3.8, 4) is 0 Å². The van der Waals surface area contributed by atoms with E-state index in [2.05, 4.69) is 10.4 Å². The number of carbonyl (C=O) groups excluding carboxylic acids is 1. The first-order valence-corrected chi connectivity index (χ1v) is 6.25. The fraction of sp³-hybridized carbons (Fsp3) is 0.231. The number of halogens is 4. The van der Waals surface area contributed by atoms with E-state index in [4.69, 9.17) is 11.6 Å². The Kier molecular flexibility index (Phi) is 3.95. The molecule has 0 bridgehead atoms.